The van der Waals surface area contributed by atoms with Crippen LogP contribution in [-0.4, -0.2) is 34.2 Å². The van der Waals surface area contributed by atoms with Crippen LogP contribution in [0.25, 0.3) is 0 Å². The highest BCUT2D eigenvalue weighted by Gasteiger charge is 2.35. The summed E-state index contributed by atoms with van der Waals surface area (Å²) in [6, 6.07) is 6.76. The Hall–Kier alpha value is -1.41. The van der Waals surface area contributed by atoms with Crippen LogP contribution in [0.15, 0.2) is 29.2 Å². The van der Waals surface area contributed by atoms with Gasteiger partial charge in [-0.15, -0.1) is 0 Å². The van der Waals surface area contributed by atoms with Crippen molar-refractivity contribution in [1.29, 1.82) is 0 Å². The summed E-state index contributed by atoms with van der Waals surface area (Å²) >= 11 is 6.09. The summed E-state index contributed by atoms with van der Waals surface area (Å²) in [6.07, 6.45) is 1.51. The van der Waals surface area contributed by atoms with Gasteiger partial charge in [0.1, 0.15) is 6.10 Å². The summed E-state index contributed by atoms with van der Waals surface area (Å²) in [5.41, 5.74) is 2.02. The number of nitrogens with zero attached hydrogens (tertiary/aromatic N) is 3. The van der Waals surface area contributed by atoms with Gasteiger partial charge in [-0.25, -0.2) is 8.42 Å². The van der Waals surface area contributed by atoms with Crippen LogP contribution in [0, 0.1) is 12.8 Å². The fourth-order valence-electron chi connectivity index (χ4n) is 3.27. The van der Waals surface area contributed by atoms with Crippen LogP contribution in [0.2, 0.25) is 5.02 Å². The Morgan fingerprint density at radius 1 is 1.32 bits per heavy atom. The molecule has 1 aromatic carbocycles. The third-order valence-electron chi connectivity index (χ3n) is 4.99. The van der Waals surface area contributed by atoms with E-state index >= 15 is 0 Å². The number of aliphatic hydroxyl groups excluding tert-OH is 1. The van der Waals surface area contributed by atoms with Gasteiger partial charge >= 0.3 is 0 Å². The van der Waals surface area contributed by atoms with Gasteiger partial charge in [-0.1, -0.05) is 17.7 Å². The van der Waals surface area contributed by atoms with Gasteiger partial charge in [0.2, 0.25) is 10.0 Å². The monoisotopic (exact) mass is 381 g/mol. The van der Waals surface area contributed by atoms with E-state index in [0.717, 1.165) is 18.5 Å². The first-order valence-corrected chi connectivity index (χ1v) is 10.2. The molecule has 1 fully saturated rings. The molecule has 0 spiro atoms. The quantitative estimate of drug-likeness (QED) is 0.882. The normalized spacial score (nSPS) is 19.6. The fraction of sp³-hybridized carbons (Fsp3) is 0.471. The Labute approximate surface area is 152 Å². The van der Waals surface area contributed by atoms with Gasteiger partial charge in [0.05, 0.1) is 29.4 Å². The molecule has 0 bridgehead atoms. The molecule has 2 heterocycles. The SMILES string of the molecule is Cc1c(Cl)cccc1S(=O)(=O)N1CCn2nc([C@H](O)C3CC3)cc2C1. The molecule has 25 heavy (non-hydrogen) atoms. The summed E-state index contributed by atoms with van der Waals surface area (Å²) in [4.78, 5) is 0.242. The lowest BCUT2D eigenvalue weighted by molar-refractivity contribution is 0.148. The Morgan fingerprint density at radius 2 is 2.08 bits per heavy atom. The molecule has 0 unspecified atom stereocenters. The number of sulfonamides is 1. The lowest BCUT2D eigenvalue weighted by Crippen LogP contribution is -2.38. The number of benzene rings is 1. The largest absolute Gasteiger partial charge is 0.386 e. The van der Waals surface area contributed by atoms with Crippen molar-refractivity contribution in [3.05, 3.63) is 46.2 Å². The van der Waals surface area contributed by atoms with Crippen molar-refractivity contribution in [2.75, 3.05) is 6.54 Å². The molecular formula is C17H20ClN3O3S. The van der Waals surface area contributed by atoms with Gasteiger partial charge in [-0.3, -0.25) is 4.68 Å². The van der Waals surface area contributed by atoms with Crippen LogP contribution in [0.1, 0.15) is 35.9 Å². The van der Waals surface area contributed by atoms with Gasteiger partial charge in [-0.05, 0) is 49.4 Å². The average molecular weight is 382 g/mol. The Morgan fingerprint density at radius 3 is 2.80 bits per heavy atom. The van der Waals surface area contributed by atoms with E-state index in [2.05, 4.69) is 5.10 Å². The van der Waals surface area contributed by atoms with Crippen molar-refractivity contribution in [1.82, 2.24) is 14.1 Å². The molecule has 0 radical (unpaired) electrons. The van der Waals surface area contributed by atoms with Crippen LogP contribution < -0.4 is 0 Å². The van der Waals surface area contributed by atoms with Gasteiger partial charge in [0, 0.05) is 11.6 Å². The highest BCUT2D eigenvalue weighted by atomic mass is 35.5. The van der Waals surface area contributed by atoms with Gasteiger partial charge in [-0.2, -0.15) is 9.40 Å². The molecule has 134 valence electrons. The number of halogens is 1. The van der Waals surface area contributed by atoms with E-state index in [0.29, 0.717) is 35.3 Å². The molecule has 2 aromatic rings. The molecule has 2 aliphatic rings. The molecule has 1 aliphatic carbocycles. The van der Waals surface area contributed by atoms with Crippen LogP contribution in [0.4, 0.5) is 0 Å². The highest BCUT2D eigenvalue weighted by Crippen LogP contribution is 2.40. The Balaban J connectivity index is 1.62. The maximum absolute atomic E-state index is 13.0. The minimum Gasteiger partial charge on any atom is -0.386 e. The van der Waals surface area contributed by atoms with Crippen molar-refractivity contribution in [2.24, 2.45) is 5.92 Å². The second-order valence-electron chi connectivity index (χ2n) is 6.77. The van der Waals surface area contributed by atoms with E-state index in [1.807, 2.05) is 6.07 Å². The zero-order chi connectivity index (χ0) is 17.8. The summed E-state index contributed by atoms with van der Waals surface area (Å²) in [5, 5.41) is 15.2. The van der Waals surface area contributed by atoms with Crippen molar-refractivity contribution in [2.45, 2.75) is 43.9 Å². The third kappa shape index (κ3) is 2.99. The summed E-state index contributed by atoms with van der Waals surface area (Å²) < 4.78 is 29.3. The van der Waals surface area contributed by atoms with E-state index in [4.69, 9.17) is 11.6 Å². The molecular weight excluding hydrogens is 362 g/mol. The first-order valence-electron chi connectivity index (χ1n) is 8.38. The van der Waals surface area contributed by atoms with Crippen LogP contribution >= 0.6 is 11.6 Å². The minimum atomic E-state index is -3.63. The number of fused-ring (bicyclic) bond motifs is 1. The zero-order valence-corrected chi connectivity index (χ0v) is 15.5. The van der Waals surface area contributed by atoms with Gasteiger partial charge in [0.25, 0.3) is 0 Å². The van der Waals surface area contributed by atoms with Crippen molar-refractivity contribution >= 4 is 21.6 Å². The number of aromatic nitrogens is 2. The summed E-state index contributed by atoms with van der Waals surface area (Å²) in [6.45, 7) is 2.79. The average Bonchev–Trinajstić information content (AvgIpc) is 3.34. The first kappa shape index (κ1) is 17.0. The predicted molar refractivity (Wildman–Crippen MR) is 93.7 cm³/mol. The van der Waals surface area contributed by atoms with Gasteiger partial charge in [0.15, 0.2) is 0 Å². The maximum atomic E-state index is 13.0. The van der Waals surface area contributed by atoms with E-state index in [1.165, 1.54) is 4.31 Å². The van der Waals surface area contributed by atoms with Gasteiger partial charge < -0.3 is 5.11 Å². The van der Waals surface area contributed by atoms with E-state index in [-0.39, 0.29) is 11.4 Å². The van der Waals surface area contributed by atoms with E-state index < -0.39 is 16.1 Å². The number of rotatable bonds is 4. The third-order valence-corrected chi connectivity index (χ3v) is 7.39. The van der Waals surface area contributed by atoms with Crippen molar-refractivity contribution < 1.29 is 13.5 Å². The molecule has 1 aromatic heterocycles. The number of hydrogen-bond donors (Lipinski definition) is 1. The van der Waals surface area contributed by atoms with Crippen LogP contribution in [0.3, 0.4) is 0 Å². The second kappa shape index (κ2) is 6.09. The topological polar surface area (TPSA) is 75.4 Å². The number of aliphatic hydroxyl groups is 1. The molecule has 4 rings (SSSR count). The molecule has 8 heteroatoms. The summed E-state index contributed by atoms with van der Waals surface area (Å²) in [5.74, 6) is 0.297. The molecule has 1 atom stereocenters. The molecule has 1 saturated carbocycles. The summed E-state index contributed by atoms with van der Waals surface area (Å²) in [7, 11) is -3.63. The second-order valence-corrected chi connectivity index (χ2v) is 9.08. The first-order chi connectivity index (χ1) is 11.9. The van der Waals surface area contributed by atoms with Crippen molar-refractivity contribution in [3.8, 4) is 0 Å². The molecule has 1 aliphatic heterocycles. The zero-order valence-electron chi connectivity index (χ0n) is 13.9. The molecule has 0 amide bonds. The maximum Gasteiger partial charge on any atom is 0.243 e. The smallest absolute Gasteiger partial charge is 0.243 e. The lowest BCUT2D eigenvalue weighted by atomic mass is 10.1. The molecule has 6 nitrogen and oxygen atoms in total. The van der Waals surface area contributed by atoms with Crippen LogP contribution in [0.5, 0.6) is 0 Å². The molecule has 0 saturated heterocycles. The van der Waals surface area contributed by atoms with Crippen molar-refractivity contribution in [3.63, 3.8) is 0 Å². The van der Waals surface area contributed by atoms with Crippen LogP contribution in [-0.2, 0) is 23.1 Å². The van der Waals surface area contributed by atoms with E-state index in [9.17, 15) is 13.5 Å². The standard InChI is InChI=1S/C17H20ClN3O3S/c1-11-14(18)3-2-4-16(11)25(23,24)20-7-8-21-13(10-20)9-15(19-21)17(22)12-5-6-12/h2-4,9,12,17,22H,5-8,10H2,1H3/t17-/m1/s1. The molecule has 1 N–H and O–H groups in total. The Bertz CT molecular complexity index is 921. The number of hydrogen-bond acceptors (Lipinski definition) is 4. The fourth-order valence-corrected chi connectivity index (χ4v) is 5.15. The van der Waals surface area contributed by atoms with E-state index in [1.54, 1.807) is 29.8 Å². The minimum absolute atomic E-state index is 0.242. The Kier molecular flexibility index (Phi) is 4.15. The highest BCUT2D eigenvalue weighted by molar-refractivity contribution is 7.89. The predicted octanol–water partition coefficient (Wildman–Crippen LogP) is 2.49. The lowest BCUT2D eigenvalue weighted by Gasteiger charge is -2.27.